The molecule has 0 spiro atoms. The van der Waals surface area contributed by atoms with Gasteiger partial charge in [0.25, 0.3) is 0 Å². The summed E-state index contributed by atoms with van der Waals surface area (Å²) in [6.45, 7) is 4.91. The highest BCUT2D eigenvalue weighted by Crippen LogP contribution is 2.26. The summed E-state index contributed by atoms with van der Waals surface area (Å²) in [5.41, 5.74) is 2.40. The maximum absolute atomic E-state index is 12.7. The van der Waals surface area contributed by atoms with Crippen molar-refractivity contribution in [3.63, 3.8) is 0 Å². The summed E-state index contributed by atoms with van der Waals surface area (Å²) in [6, 6.07) is 5.61. The van der Waals surface area contributed by atoms with Gasteiger partial charge in [0.05, 0.1) is 18.1 Å². The Labute approximate surface area is 150 Å². The Hall–Kier alpha value is -2.67. The number of nitrogens with zero attached hydrogens (tertiary/aromatic N) is 6. The SMILES string of the molecule is CCN(C(=O)CCn1nccc1C)c1cn(-c2cccnc2)nc1Cl. The number of carbonyl (C=O) groups excluding carboxylic acids is 1. The fraction of sp³-hybridized carbons (Fsp3) is 0.294. The summed E-state index contributed by atoms with van der Waals surface area (Å²) in [5, 5.41) is 8.78. The summed E-state index contributed by atoms with van der Waals surface area (Å²) in [4.78, 5) is 18.4. The Morgan fingerprint density at radius 3 is 2.80 bits per heavy atom. The van der Waals surface area contributed by atoms with E-state index >= 15 is 0 Å². The number of hydrogen-bond donors (Lipinski definition) is 0. The molecule has 0 aliphatic heterocycles. The van der Waals surface area contributed by atoms with E-state index in [1.165, 1.54) is 0 Å². The molecule has 3 rings (SSSR count). The minimum Gasteiger partial charge on any atom is -0.308 e. The van der Waals surface area contributed by atoms with Crippen LogP contribution >= 0.6 is 11.6 Å². The van der Waals surface area contributed by atoms with Crippen molar-refractivity contribution in [1.29, 1.82) is 0 Å². The molecule has 0 aromatic carbocycles. The van der Waals surface area contributed by atoms with Crippen molar-refractivity contribution in [2.24, 2.45) is 0 Å². The van der Waals surface area contributed by atoms with Crippen LogP contribution < -0.4 is 4.90 Å². The molecule has 0 aliphatic rings. The molecule has 25 heavy (non-hydrogen) atoms. The van der Waals surface area contributed by atoms with E-state index in [9.17, 15) is 4.79 Å². The number of pyridine rings is 1. The van der Waals surface area contributed by atoms with Gasteiger partial charge in [-0.1, -0.05) is 11.6 Å². The molecule has 0 unspecified atom stereocenters. The number of amides is 1. The van der Waals surface area contributed by atoms with Crippen LogP contribution in [0, 0.1) is 6.92 Å². The van der Waals surface area contributed by atoms with Crippen LogP contribution in [0.15, 0.2) is 43.0 Å². The topological polar surface area (TPSA) is 68.8 Å². The molecule has 1 amide bonds. The van der Waals surface area contributed by atoms with Gasteiger partial charge in [-0.2, -0.15) is 10.2 Å². The smallest absolute Gasteiger partial charge is 0.228 e. The zero-order chi connectivity index (χ0) is 17.8. The Bertz CT molecular complexity index is 857. The predicted molar refractivity (Wildman–Crippen MR) is 96.0 cm³/mol. The number of aromatic nitrogens is 5. The van der Waals surface area contributed by atoms with Crippen molar-refractivity contribution in [2.45, 2.75) is 26.8 Å². The lowest BCUT2D eigenvalue weighted by molar-refractivity contribution is -0.118. The Morgan fingerprint density at radius 1 is 1.32 bits per heavy atom. The predicted octanol–water partition coefficient (Wildman–Crippen LogP) is 2.87. The van der Waals surface area contributed by atoms with Crippen LogP contribution in [0.1, 0.15) is 19.0 Å². The first-order valence-electron chi connectivity index (χ1n) is 8.04. The van der Waals surface area contributed by atoms with Crippen molar-refractivity contribution in [3.05, 3.63) is 53.8 Å². The van der Waals surface area contributed by atoms with E-state index in [4.69, 9.17) is 11.6 Å². The molecule has 8 heteroatoms. The molecule has 3 aromatic heterocycles. The molecule has 3 aromatic rings. The maximum Gasteiger partial charge on any atom is 0.228 e. The van der Waals surface area contributed by atoms with Crippen LogP contribution in [-0.4, -0.2) is 37.0 Å². The normalized spacial score (nSPS) is 10.8. The summed E-state index contributed by atoms with van der Waals surface area (Å²) >= 11 is 6.27. The molecule has 0 fully saturated rings. The molecule has 0 bridgehead atoms. The second kappa shape index (κ2) is 7.48. The fourth-order valence-corrected chi connectivity index (χ4v) is 2.83. The van der Waals surface area contributed by atoms with E-state index in [-0.39, 0.29) is 11.1 Å². The minimum absolute atomic E-state index is 0.0231. The lowest BCUT2D eigenvalue weighted by Crippen LogP contribution is -2.31. The summed E-state index contributed by atoms with van der Waals surface area (Å²) < 4.78 is 3.44. The van der Waals surface area contributed by atoms with Crippen molar-refractivity contribution >= 4 is 23.2 Å². The van der Waals surface area contributed by atoms with Crippen molar-refractivity contribution < 1.29 is 4.79 Å². The standard InChI is InChI=1S/C17H19ClN6O/c1-3-22(16(25)7-10-23-13(2)6-9-20-23)15-12-24(21-17(15)18)14-5-4-8-19-11-14/h4-6,8-9,11-12H,3,7,10H2,1-2H3. The monoisotopic (exact) mass is 358 g/mol. The summed E-state index contributed by atoms with van der Waals surface area (Å²) in [7, 11) is 0. The zero-order valence-corrected chi connectivity index (χ0v) is 14.9. The molecule has 0 radical (unpaired) electrons. The van der Waals surface area contributed by atoms with Crippen LogP contribution in [0.4, 0.5) is 5.69 Å². The first kappa shape index (κ1) is 17.2. The van der Waals surface area contributed by atoms with Crippen molar-refractivity contribution in [1.82, 2.24) is 24.5 Å². The minimum atomic E-state index is -0.0231. The van der Waals surface area contributed by atoms with E-state index in [2.05, 4.69) is 15.2 Å². The van der Waals surface area contributed by atoms with Gasteiger partial charge in [0, 0.05) is 37.6 Å². The van der Waals surface area contributed by atoms with Gasteiger partial charge in [-0.3, -0.25) is 14.5 Å². The fourth-order valence-electron chi connectivity index (χ4n) is 2.60. The van der Waals surface area contributed by atoms with Crippen molar-refractivity contribution in [2.75, 3.05) is 11.4 Å². The Kier molecular flexibility index (Phi) is 5.14. The van der Waals surface area contributed by atoms with Gasteiger partial charge < -0.3 is 4.90 Å². The van der Waals surface area contributed by atoms with E-state index in [1.807, 2.05) is 36.7 Å². The third kappa shape index (κ3) is 3.71. The third-order valence-corrected chi connectivity index (χ3v) is 4.21. The van der Waals surface area contributed by atoms with Gasteiger partial charge in [-0.25, -0.2) is 4.68 Å². The summed E-state index contributed by atoms with van der Waals surface area (Å²) in [6.07, 6.45) is 7.19. The van der Waals surface area contributed by atoms with Gasteiger partial charge >= 0.3 is 0 Å². The molecular weight excluding hydrogens is 340 g/mol. The molecule has 7 nitrogen and oxygen atoms in total. The molecule has 0 saturated heterocycles. The van der Waals surface area contributed by atoms with Gasteiger partial charge in [0.1, 0.15) is 5.69 Å². The number of hydrogen-bond acceptors (Lipinski definition) is 4. The van der Waals surface area contributed by atoms with Crippen LogP contribution in [0.2, 0.25) is 5.15 Å². The molecular formula is C17H19ClN6O. The van der Waals surface area contributed by atoms with Crippen LogP contribution in [0.5, 0.6) is 0 Å². The lowest BCUT2D eigenvalue weighted by atomic mass is 10.3. The quantitative estimate of drug-likeness (QED) is 0.679. The van der Waals surface area contributed by atoms with Crippen LogP contribution in [-0.2, 0) is 11.3 Å². The Morgan fingerprint density at radius 2 is 2.16 bits per heavy atom. The number of carbonyl (C=O) groups is 1. The van der Waals surface area contributed by atoms with Gasteiger partial charge in [0.15, 0.2) is 5.15 Å². The largest absolute Gasteiger partial charge is 0.308 e. The molecule has 0 aliphatic carbocycles. The zero-order valence-electron chi connectivity index (χ0n) is 14.1. The van der Waals surface area contributed by atoms with E-state index < -0.39 is 0 Å². The highest BCUT2D eigenvalue weighted by atomic mass is 35.5. The molecule has 0 N–H and O–H groups in total. The molecule has 0 saturated carbocycles. The summed E-state index contributed by atoms with van der Waals surface area (Å²) in [5.74, 6) is -0.0231. The number of aryl methyl sites for hydroxylation is 2. The van der Waals surface area contributed by atoms with Crippen LogP contribution in [0.25, 0.3) is 5.69 Å². The molecule has 0 atom stereocenters. The van der Waals surface area contributed by atoms with Gasteiger partial charge in [0.2, 0.25) is 5.91 Å². The highest BCUT2D eigenvalue weighted by Gasteiger charge is 2.20. The van der Waals surface area contributed by atoms with E-state index in [0.29, 0.717) is 25.2 Å². The van der Waals surface area contributed by atoms with Crippen LogP contribution in [0.3, 0.4) is 0 Å². The average Bonchev–Trinajstić information content (AvgIpc) is 3.21. The second-order valence-electron chi connectivity index (χ2n) is 5.54. The maximum atomic E-state index is 12.7. The van der Waals surface area contributed by atoms with E-state index in [0.717, 1.165) is 11.4 Å². The van der Waals surface area contributed by atoms with Gasteiger partial charge in [-0.15, -0.1) is 0 Å². The molecule has 3 heterocycles. The average molecular weight is 359 g/mol. The Balaban J connectivity index is 1.77. The highest BCUT2D eigenvalue weighted by molar-refractivity contribution is 6.32. The number of rotatable bonds is 6. The third-order valence-electron chi connectivity index (χ3n) is 3.94. The number of halogens is 1. The molecule has 130 valence electrons. The number of anilines is 1. The first-order chi connectivity index (χ1) is 12.1. The van der Waals surface area contributed by atoms with Crippen molar-refractivity contribution in [3.8, 4) is 5.69 Å². The second-order valence-corrected chi connectivity index (χ2v) is 5.90. The lowest BCUT2D eigenvalue weighted by Gasteiger charge is -2.19. The van der Waals surface area contributed by atoms with Gasteiger partial charge in [-0.05, 0) is 32.0 Å². The van der Waals surface area contributed by atoms with E-state index in [1.54, 1.807) is 34.4 Å². The first-order valence-corrected chi connectivity index (χ1v) is 8.42.